The van der Waals surface area contributed by atoms with E-state index in [4.69, 9.17) is 0 Å². The highest BCUT2D eigenvalue weighted by Gasteiger charge is 2.31. The minimum Gasteiger partial charge on any atom is -0.344 e. The molecule has 0 N–H and O–H groups in total. The van der Waals surface area contributed by atoms with Gasteiger partial charge < -0.3 is 4.57 Å². The zero-order chi connectivity index (χ0) is 19.2. The Hall–Kier alpha value is -2.13. The molecular weight excluding hydrogens is 384 g/mol. The van der Waals surface area contributed by atoms with Gasteiger partial charge in [0, 0.05) is 29.2 Å². The predicted molar refractivity (Wildman–Crippen MR) is 104 cm³/mol. The third-order valence-corrected chi connectivity index (χ3v) is 7.67. The maximum absolute atomic E-state index is 12.8. The first-order valence-electron chi connectivity index (χ1n) is 8.70. The number of nitrogens with zero attached hydrogens (tertiary/aromatic N) is 4. The van der Waals surface area contributed by atoms with Gasteiger partial charge in [-0.15, -0.1) is 10.2 Å². The van der Waals surface area contributed by atoms with Gasteiger partial charge in [0.15, 0.2) is 26.4 Å². The molecule has 142 valence electrons. The van der Waals surface area contributed by atoms with Crippen LogP contribution in [0.25, 0.3) is 5.65 Å². The maximum atomic E-state index is 12.8. The molecule has 0 saturated carbocycles. The van der Waals surface area contributed by atoms with Crippen molar-refractivity contribution in [3.05, 3.63) is 47.4 Å². The minimum absolute atomic E-state index is 0.00730. The Kier molecular flexibility index (Phi) is 4.59. The van der Waals surface area contributed by atoms with Crippen LogP contribution in [0.2, 0.25) is 0 Å². The fourth-order valence-corrected chi connectivity index (χ4v) is 6.23. The van der Waals surface area contributed by atoms with Crippen molar-refractivity contribution in [1.29, 1.82) is 0 Å². The number of aromatic nitrogens is 4. The first-order valence-corrected chi connectivity index (χ1v) is 11.5. The number of pyridine rings is 1. The highest BCUT2D eigenvalue weighted by molar-refractivity contribution is 7.99. The second kappa shape index (κ2) is 6.79. The normalized spacial score (nSPS) is 19.0. The van der Waals surface area contributed by atoms with Gasteiger partial charge in [-0.05, 0) is 38.5 Å². The van der Waals surface area contributed by atoms with Crippen molar-refractivity contribution >= 4 is 33.0 Å². The molecule has 27 heavy (non-hydrogen) atoms. The molecule has 1 aliphatic heterocycles. The highest BCUT2D eigenvalue weighted by atomic mass is 32.2. The SMILES string of the molecule is Cc1cc(C(=O)CSc2nnc3ccccn23)c(C)n1[C@@H]1CCS(=O)(=O)C1. The first kappa shape index (κ1) is 18.2. The van der Waals surface area contributed by atoms with E-state index in [1.54, 1.807) is 0 Å². The molecule has 3 aromatic rings. The van der Waals surface area contributed by atoms with Crippen molar-refractivity contribution in [2.24, 2.45) is 0 Å². The van der Waals surface area contributed by atoms with Gasteiger partial charge in [0.05, 0.1) is 17.3 Å². The van der Waals surface area contributed by atoms with Gasteiger partial charge in [-0.25, -0.2) is 8.42 Å². The average molecular weight is 405 g/mol. The summed E-state index contributed by atoms with van der Waals surface area (Å²) in [5, 5.41) is 8.90. The van der Waals surface area contributed by atoms with E-state index in [2.05, 4.69) is 10.2 Å². The lowest BCUT2D eigenvalue weighted by Crippen LogP contribution is -2.14. The summed E-state index contributed by atoms with van der Waals surface area (Å²) in [5.74, 6) is 0.627. The quantitative estimate of drug-likeness (QED) is 0.480. The van der Waals surface area contributed by atoms with Crippen molar-refractivity contribution < 1.29 is 13.2 Å². The lowest BCUT2D eigenvalue weighted by atomic mass is 10.2. The van der Waals surface area contributed by atoms with Crippen molar-refractivity contribution in [2.75, 3.05) is 17.3 Å². The van der Waals surface area contributed by atoms with Crippen LogP contribution in [0.3, 0.4) is 0 Å². The summed E-state index contributed by atoms with van der Waals surface area (Å²) in [6.07, 6.45) is 2.47. The number of aryl methyl sites for hydroxylation is 1. The molecule has 7 nitrogen and oxygen atoms in total. The number of carbonyl (C=O) groups is 1. The van der Waals surface area contributed by atoms with Crippen molar-refractivity contribution in [3.8, 4) is 0 Å². The van der Waals surface area contributed by atoms with Gasteiger partial charge in [-0.1, -0.05) is 17.8 Å². The molecule has 9 heteroatoms. The summed E-state index contributed by atoms with van der Waals surface area (Å²) in [7, 11) is -2.98. The fourth-order valence-electron chi connectivity index (χ4n) is 3.73. The zero-order valence-corrected chi connectivity index (χ0v) is 16.8. The summed E-state index contributed by atoms with van der Waals surface area (Å²) in [6.45, 7) is 3.82. The summed E-state index contributed by atoms with van der Waals surface area (Å²) in [5.41, 5.74) is 3.16. The second-order valence-electron chi connectivity index (χ2n) is 6.83. The van der Waals surface area contributed by atoms with Gasteiger partial charge in [0.1, 0.15) is 0 Å². The standard InChI is InChI=1S/C18H20N4O3S2/c1-12-9-15(13(2)22(12)14-6-8-27(24,25)11-14)16(23)10-26-18-20-19-17-5-3-4-7-21(17)18/h3-5,7,9,14H,6,8,10-11H2,1-2H3/t14-/m1/s1. The lowest BCUT2D eigenvalue weighted by molar-refractivity contribution is 0.102. The highest BCUT2D eigenvalue weighted by Crippen LogP contribution is 2.30. The van der Waals surface area contributed by atoms with Crippen LogP contribution in [0.5, 0.6) is 0 Å². The molecule has 0 radical (unpaired) electrons. The van der Waals surface area contributed by atoms with E-state index < -0.39 is 9.84 Å². The van der Waals surface area contributed by atoms with E-state index in [-0.39, 0.29) is 29.1 Å². The number of sulfone groups is 1. The number of hydrogen-bond donors (Lipinski definition) is 0. The average Bonchev–Trinajstić information content (AvgIpc) is 3.28. The molecule has 1 aliphatic rings. The number of hydrogen-bond acceptors (Lipinski definition) is 6. The predicted octanol–water partition coefficient (Wildman–Crippen LogP) is 2.48. The monoisotopic (exact) mass is 404 g/mol. The number of carbonyl (C=O) groups excluding carboxylic acids is 1. The van der Waals surface area contributed by atoms with E-state index in [0.29, 0.717) is 17.1 Å². The van der Waals surface area contributed by atoms with Crippen LogP contribution in [-0.4, -0.2) is 50.6 Å². The van der Waals surface area contributed by atoms with Crippen LogP contribution < -0.4 is 0 Å². The van der Waals surface area contributed by atoms with E-state index in [1.807, 2.05) is 53.3 Å². The van der Waals surface area contributed by atoms with Crippen LogP contribution in [0, 0.1) is 13.8 Å². The maximum Gasteiger partial charge on any atom is 0.196 e. The van der Waals surface area contributed by atoms with E-state index in [1.165, 1.54) is 11.8 Å². The van der Waals surface area contributed by atoms with Crippen LogP contribution in [-0.2, 0) is 9.84 Å². The molecule has 3 aromatic heterocycles. The molecular formula is C18H20N4O3S2. The number of fused-ring (bicyclic) bond motifs is 1. The largest absolute Gasteiger partial charge is 0.344 e. The molecule has 4 rings (SSSR count). The Morgan fingerprint density at radius 1 is 1.30 bits per heavy atom. The zero-order valence-electron chi connectivity index (χ0n) is 15.1. The summed E-state index contributed by atoms with van der Waals surface area (Å²) in [4.78, 5) is 12.8. The number of ketones is 1. The third kappa shape index (κ3) is 3.41. The van der Waals surface area contributed by atoms with Crippen LogP contribution in [0.15, 0.2) is 35.6 Å². The smallest absolute Gasteiger partial charge is 0.196 e. The topological polar surface area (TPSA) is 86.3 Å². The van der Waals surface area contributed by atoms with Gasteiger partial charge in [0.25, 0.3) is 0 Å². The van der Waals surface area contributed by atoms with Gasteiger partial charge in [-0.3, -0.25) is 9.20 Å². The van der Waals surface area contributed by atoms with Crippen molar-refractivity contribution in [1.82, 2.24) is 19.2 Å². The van der Waals surface area contributed by atoms with E-state index in [9.17, 15) is 13.2 Å². The molecule has 1 saturated heterocycles. The van der Waals surface area contributed by atoms with Crippen molar-refractivity contribution in [2.45, 2.75) is 31.5 Å². The van der Waals surface area contributed by atoms with Crippen molar-refractivity contribution in [3.63, 3.8) is 0 Å². The van der Waals surface area contributed by atoms with Gasteiger partial charge in [-0.2, -0.15) is 0 Å². The van der Waals surface area contributed by atoms with Crippen LogP contribution >= 0.6 is 11.8 Å². The fraction of sp³-hybridized carbons (Fsp3) is 0.389. The summed E-state index contributed by atoms with van der Waals surface area (Å²) < 4.78 is 27.5. The van der Waals surface area contributed by atoms with Gasteiger partial charge in [0.2, 0.25) is 0 Å². The molecule has 0 aliphatic carbocycles. The Morgan fingerprint density at radius 2 is 2.11 bits per heavy atom. The van der Waals surface area contributed by atoms with E-state index >= 15 is 0 Å². The molecule has 1 atom stereocenters. The van der Waals surface area contributed by atoms with Gasteiger partial charge >= 0.3 is 0 Å². The Balaban J connectivity index is 1.53. The number of rotatable bonds is 5. The lowest BCUT2D eigenvalue weighted by Gasteiger charge is -2.16. The summed E-state index contributed by atoms with van der Waals surface area (Å²) in [6, 6.07) is 7.44. The van der Waals surface area contributed by atoms with E-state index in [0.717, 1.165) is 17.0 Å². The molecule has 0 spiro atoms. The molecule has 0 aromatic carbocycles. The molecule has 1 fully saturated rings. The Bertz CT molecular complexity index is 1130. The van der Waals surface area contributed by atoms with Crippen LogP contribution in [0.1, 0.15) is 34.2 Å². The molecule has 0 amide bonds. The second-order valence-corrected chi connectivity index (χ2v) is 10.0. The first-order chi connectivity index (χ1) is 12.9. The molecule has 0 unspecified atom stereocenters. The Morgan fingerprint density at radius 3 is 2.85 bits per heavy atom. The number of Topliss-reactive ketones (excluding diaryl/α,β-unsaturated/α-hetero) is 1. The van der Waals surface area contributed by atoms with Crippen LogP contribution in [0.4, 0.5) is 0 Å². The summed E-state index contributed by atoms with van der Waals surface area (Å²) >= 11 is 1.35. The Labute approximate surface area is 161 Å². The molecule has 4 heterocycles. The minimum atomic E-state index is -2.98. The third-order valence-electron chi connectivity index (χ3n) is 4.97. The number of thioether (sulfide) groups is 1. The molecule has 0 bridgehead atoms.